The lowest BCUT2D eigenvalue weighted by Crippen LogP contribution is -2.18. The Morgan fingerprint density at radius 2 is 1.19 bits per heavy atom. The standard InChI is InChI=1S/C23H20O4/c1-16(2)18-12-8-9-15-21(18)27-23(25)20-14-7-6-13-19(20)22(24)26-17-10-4-3-5-11-17/h3-16H,1-2H3. The van der Waals surface area contributed by atoms with Crippen LogP contribution < -0.4 is 9.47 Å². The molecule has 27 heavy (non-hydrogen) atoms. The van der Waals surface area contributed by atoms with Crippen LogP contribution in [0.15, 0.2) is 78.9 Å². The van der Waals surface area contributed by atoms with Gasteiger partial charge in [0.25, 0.3) is 0 Å². The summed E-state index contributed by atoms with van der Waals surface area (Å²) in [4.78, 5) is 25.3. The lowest BCUT2D eigenvalue weighted by molar-refractivity contribution is 0.0691. The van der Waals surface area contributed by atoms with E-state index >= 15 is 0 Å². The molecule has 0 atom stereocenters. The van der Waals surface area contributed by atoms with E-state index in [9.17, 15) is 9.59 Å². The van der Waals surface area contributed by atoms with Crippen molar-refractivity contribution in [2.75, 3.05) is 0 Å². The maximum Gasteiger partial charge on any atom is 0.344 e. The van der Waals surface area contributed by atoms with Crippen molar-refractivity contribution < 1.29 is 19.1 Å². The summed E-state index contributed by atoms with van der Waals surface area (Å²) in [5.41, 5.74) is 1.25. The summed E-state index contributed by atoms with van der Waals surface area (Å²) in [5.74, 6) is -0.0959. The minimum atomic E-state index is -0.606. The molecule has 4 nitrogen and oxygen atoms in total. The molecule has 136 valence electrons. The summed E-state index contributed by atoms with van der Waals surface area (Å²) in [7, 11) is 0. The van der Waals surface area contributed by atoms with Gasteiger partial charge in [0.05, 0.1) is 11.1 Å². The van der Waals surface area contributed by atoms with Gasteiger partial charge in [0.2, 0.25) is 0 Å². The predicted molar refractivity (Wildman–Crippen MR) is 103 cm³/mol. The molecule has 3 aromatic rings. The molecule has 0 N–H and O–H groups in total. The van der Waals surface area contributed by atoms with Crippen LogP contribution in [-0.4, -0.2) is 11.9 Å². The van der Waals surface area contributed by atoms with Crippen molar-refractivity contribution >= 4 is 11.9 Å². The molecule has 3 rings (SSSR count). The number of para-hydroxylation sites is 2. The number of carbonyl (C=O) groups is 2. The zero-order chi connectivity index (χ0) is 19.2. The molecule has 0 aliphatic rings. The second kappa shape index (κ2) is 8.32. The zero-order valence-electron chi connectivity index (χ0n) is 15.2. The van der Waals surface area contributed by atoms with Crippen LogP contribution in [0.3, 0.4) is 0 Å². The Hall–Kier alpha value is -3.40. The van der Waals surface area contributed by atoms with Gasteiger partial charge in [-0.1, -0.05) is 62.4 Å². The molecule has 0 fully saturated rings. The molecule has 0 bridgehead atoms. The van der Waals surface area contributed by atoms with Gasteiger partial charge < -0.3 is 9.47 Å². The highest BCUT2D eigenvalue weighted by Gasteiger charge is 2.21. The molecule has 0 aliphatic carbocycles. The summed E-state index contributed by atoms with van der Waals surface area (Å²) in [6.07, 6.45) is 0. The SMILES string of the molecule is CC(C)c1ccccc1OC(=O)c1ccccc1C(=O)Oc1ccccc1. The highest BCUT2D eigenvalue weighted by molar-refractivity contribution is 6.04. The average molecular weight is 360 g/mol. The van der Waals surface area contributed by atoms with E-state index in [-0.39, 0.29) is 17.0 Å². The number of benzene rings is 3. The van der Waals surface area contributed by atoms with E-state index in [0.717, 1.165) is 5.56 Å². The van der Waals surface area contributed by atoms with Gasteiger partial charge in [-0.05, 0) is 41.8 Å². The third-order valence-electron chi connectivity index (χ3n) is 4.06. The monoisotopic (exact) mass is 360 g/mol. The maximum absolute atomic E-state index is 12.7. The fourth-order valence-electron chi connectivity index (χ4n) is 2.69. The molecule has 3 aromatic carbocycles. The van der Waals surface area contributed by atoms with E-state index in [4.69, 9.17) is 9.47 Å². The molecule has 0 radical (unpaired) electrons. The van der Waals surface area contributed by atoms with Crippen molar-refractivity contribution in [2.24, 2.45) is 0 Å². The van der Waals surface area contributed by atoms with Gasteiger partial charge in [0.1, 0.15) is 11.5 Å². The number of ether oxygens (including phenoxy) is 2. The Bertz CT molecular complexity index is 945. The molecule has 0 aromatic heterocycles. The van der Waals surface area contributed by atoms with E-state index in [1.54, 1.807) is 54.6 Å². The normalized spacial score (nSPS) is 10.5. The highest BCUT2D eigenvalue weighted by atomic mass is 16.5. The molecular formula is C23H20O4. The molecule has 0 saturated heterocycles. The second-order valence-electron chi connectivity index (χ2n) is 6.33. The highest BCUT2D eigenvalue weighted by Crippen LogP contribution is 2.27. The van der Waals surface area contributed by atoms with Gasteiger partial charge in [-0.3, -0.25) is 0 Å². The molecule has 4 heteroatoms. The second-order valence-corrected chi connectivity index (χ2v) is 6.33. The molecule has 0 unspecified atom stereocenters. The van der Waals surface area contributed by atoms with Crippen LogP contribution in [0.1, 0.15) is 46.0 Å². The smallest absolute Gasteiger partial charge is 0.344 e. The van der Waals surface area contributed by atoms with Crippen molar-refractivity contribution in [2.45, 2.75) is 19.8 Å². The van der Waals surface area contributed by atoms with E-state index in [1.807, 2.05) is 38.1 Å². The molecule has 0 spiro atoms. The van der Waals surface area contributed by atoms with Gasteiger partial charge in [-0.15, -0.1) is 0 Å². The van der Waals surface area contributed by atoms with Crippen molar-refractivity contribution in [1.82, 2.24) is 0 Å². The summed E-state index contributed by atoms with van der Waals surface area (Å²) in [6, 6.07) is 22.6. The van der Waals surface area contributed by atoms with Gasteiger partial charge in [0, 0.05) is 0 Å². The number of carbonyl (C=O) groups excluding carboxylic acids is 2. The molecule has 0 amide bonds. The quantitative estimate of drug-likeness (QED) is 0.461. The van der Waals surface area contributed by atoms with Gasteiger partial charge in [0.15, 0.2) is 0 Å². The van der Waals surface area contributed by atoms with E-state index in [1.165, 1.54) is 0 Å². The fourth-order valence-corrected chi connectivity index (χ4v) is 2.69. The lowest BCUT2D eigenvalue weighted by Gasteiger charge is -2.13. The Kier molecular flexibility index (Phi) is 5.67. The molecule has 0 aliphatic heterocycles. The van der Waals surface area contributed by atoms with Crippen LogP contribution in [0.5, 0.6) is 11.5 Å². The Morgan fingerprint density at radius 3 is 1.81 bits per heavy atom. The van der Waals surface area contributed by atoms with Crippen LogP contribution in [-0.2, 0) is 0 Å². The largest absolute Gasteiger partial charge is 0.423 e. The van der Waals surface area contributed by atoms with Crippen molar-refractivity contribution in [1.29, 1.82) is 0 Å². The summed E-state index contributed by atoms with van der Waals surface area (Å²) < 4.78 is 10.9. The van der Waals surface area contributed by atoms with Crippen molar-refractivity contribution in [3.63, 3.8) is 0 Å². The molecule has 0 saturated carbocycles. The number of rotatable bonds is 5. The van der Waals surface area contributed by atoms with E-state index in [2.05, 4.69) is 0 Å². The summed E-state index contributed by atoms with van der Waals surface area (Å²) >= 11 is 0. The first kappa shape index (κ1) is 18.4. The maximum atomic E-state index is 12.7. The Labute approximate surface area is 158 Å². The third-order valence-corrected chi connectivity index (χ3v) is 4.06. The first-order chi connectivity index (χ1) is 13.1. The first-order valence-corrected chi connectivity index (χ1v) is 8.73. The van der Waals surface area contributed by atoms with Crippen LogP contribution >= 0.6 is 0 Å². The Balaban J connectivity index is 1.85. The van der Waals surface area contributed by atoms with Crippen LogP contribution in [0.25, 0.3) is 0 Å². The zero-order valence-corrected chi connectivity index (χ0v) is 15.2. The molecule has 0 heterocycles. The predicted octanol–water partition coefficient (Wildman–Crippen LogP) is 5.25. The summed E-state index contributed by atoms with van der Waals surface area (Å²) in [6.45, 7) is 4.05. The first-order valence-electron chi connectivity index (χ1n) is 8.73. The third kappa shape index (κ3) is 4.42. The van der Waals surface area contributed by atoms with Crippen molar-refractivity contribution in [3.8, 4) is 11.5 Å². The van der Waals surface area contributed by atoms with Gasteiger partial charge in [-0.25, -0.2) is 9.59 Å². The Morgan fingerprint density at radius 1 is 0.667 bits per heavy atom. The molecular weight excluding hydrogens is 340 g/mol. The van der Waals surface area contributed by atoms with Gasteiger partial charge >= 0.3 is 11.9 Å². The number of hydrogen-bond acceptors (Lipinski definition) is 4. The number of esters is 2. The van der Waals surface area contributed by atoms with Crippen molar-refractivity contribution in [3.05, 3.63) is 95.6 Å². The van der Waals surface area contributed by atoms with Crippen LogP contribution in [0.4, 0.5) is 0 Å². The number of hydrogen-bond donors (Lipinski definition) is 0. The fraction of sp³-hybridized carbons (Fsp3) is 0.130. The average Bonchev–Trinajstić information content (AvgIpc) is 2.69. The van der Waals surface area contributed by atoms with Gasteiger partial charge in [-0.2, -0.15) is 0 Å². The lowest BCUT2D eigenvalue weighted by atomic mass is 10.0. The van der Waals surface area contributed by atoms with E-state index in [0.29, 0.717) is 11.5 Å². The van der Waals surface area contributed by atoms with E-state index < -0.39 is 11.9 Å². The minimum absolute atomic E-state index is 0.161. The summed E-state index contributed by atoms with van der Waals surface area (Å²) in [5, 5.41) is 0. The van der Waals surface area contributed by atoms with Crippen LogP contribution in [0, 0.1) is 0 Å². The topological polar surface area (TPSA) is 52.6 Å². The van der Waals surface area contributed by atoms with Crippen LogP contribution in [0.2, 0.25) is 0 Å². The minimum Gasteiger partial charge on any atom is -0.423 e.